The average molecular weight is 321 g/mol. The van der Waals surface area contributed by atoms with Gasteiger partial charge in [0.15, 0.2) is 5.11 Å². The summed E-state index contributed by atoms with van der Waals surface area (Å²) in [5.41, 5.74) is 0.142. The van der Waals surface area contributed by atoms with E-state index in [1.165, 1.54) is 12.1 Å². The van der Waals surface area contributed by atoms with Crippen molar-refractivity contribution in [2.75, 3.05) is 5.32 Å². The second kappa shape index (κ2) is 6.70. The molecule has 0 bridgehead atoms. The molecule has 1 aromatic rings. The van der Waals surface area contributed by atoms with Gasteiger partial charge in [-0.25, -0.2) is 4.79 Å². The lowest BCUT2D eigenvalue weighted by molar-refractivity contribution is -0.119. The molecule has 0 unspecified atom stereocenters. The predicted molar refractivity (Wildman–Crippen MR) is 78.1 cm³/mol. The molecule has 19 heavy (non-hydrogen) atoms. The zero-order valence-corrected chi connectivity index (χ0v) is 12.1. The van der Waals surface area contributed by atoms with E-state index in [0.29, 0.717) is 0 Å². The minimum absolute atomic E-state index is 0.0200. The maximum atomic E-state index is 11.1. The molecule has 0 aromatic heterocycles. The predicted octanol–water partition coefficient (Wildman–Crippen LogP) is 2.91. The van der Waals surface area contributed by atoms with E-state index in [2.05, 4.69) is 10.6 Å². The molecule has 1 rings (SSSR count). The van der Waals surface area contributed by atoms with Crippen LogP contribution in [-0.2, 0) is 4.79 Å². The number of thiocarbonyl (C=S) groups is 1. The number of hydrogen-bond donors (Lipinski definition) is 3. The number of amides is 1. The summed E-state index contributed by atoms with van der Waals surface area (Å²) in [6.45, 7) is 1.68. The average Bonchev–Trinajstić information content (AvgIpc) is 2.31. The van der Waals surface area contributed by atoms with E-state index in [1.807, 2.05) is 0 Å². The van der Waals surface area contributed by atoms with Crippen molar-refractivity contribution in [2.24, 2.45) is 0 Å². The van der Waals surface area contributed by atoms with Gasteiger partial charge in [-0.15, -0.1) is 0 Å². The molecule has 0 aliphatic carbocycles. The number of anilines is 1. The van der Waals surface area contributed by atoms with Crippen molar-refractivity contribution in [3.05, 3.63) is 27.7 Å². The van der Waals surface area contributed by atoms with E-state index in [1.54, 1.807) is 6.92 Å². The molecule has 0 radical (unpaired) electrons. The topological polar surface area (TPSA) is 78.4 Å². The highest BCUT2D eigenvalue weighted by molar-refractivity contribution is 7.80. The zero-order valence-electron chi connectivity index (χ0n) is 9.79. The van der Waals surface area contributed by atoms with Crippen LogP contribution in [0.3, 0.4) is 0 Å². The first kappa shape index (κ1) is 15.7. The van der Waals surface area contributed by atoms with Crippen molar-refractivity contribution in [3.8, 4) is 0 Å². The van der Waals surface area contributed by atoms with E-state index in [0.717, 1.165) is 0 Å². The second-order valence-corrected chi connectivity index (χ2v) is 4.70. The number of hydrogen-bond acceptors (Lipinski definition) is 3. The van der Waals surface area contributed by atoms with E-state index in [4.69, 9.17) is 40.5 Å². The zero-order chi connectivity index (χ0) is 14.6. The first-order valence-electron chi connectivity index (χ1n) is 5.18. The lowest BCUT2D eigenvalue weighted by Crippen LogP contribution is -2.33. The maximum Gasteiger partial charge on any atom is 0.337 e. The quantitative estimate of drug-likeness (QED) is 0.746. The Morgan fingerprint density at radius 2 is 1.95 bits per heavy atom. The molecule has 0 saturated heterocycles. The highest BCUT2D eigenvalue weighted by atomic mass is 35.5. The molecule has 5 nitrogen and oxygen atoms in total. The number of rotatable bonds is 3. The number of carbonyl (C=O) groups is 2. The molecular formula is C11H10Cl2N2O3S. The fraction of sp³-hybridized carbons (Fsp3) is 0.182. The Morgan fingerprint density at radius 1 is 1.32 bits per heavy atom. The van der Waals surface area contributed by atoms with E-state index in [-0.39, 0.29) is 38.7 Å². The van der Waals surface area contributed by atoms with Gasteiger partial charge in [-0.05, 0) is 24.4 Å². The highest BCUT2D eigenvalue weighted by Crippen LogP contribution is 2.29. The van der Waals surface area contributed by atoms with Crippen molar-refractivity contribution in [2.45, 2.75) is 13.3 Å². The van der Waals surface area contributed by atoms with Crippen LogP contribution in [0.1, 0.15) is 23.7 Å². The van der Waals surface area contributed by atoms with Crippen molar-refractivity contribution >= 4 is 58.1 Å². The summed E-state index contributed by atoms with van der Waals surface area (Å²) in [5, 5.41) is 14.2. The molecule has 3 N–H and O–H groups in total. The maximum absolute atomic E-state index is 11.1. The number of carboxylic acids is 1. The van der Waals surface area contributed by atoms with Crippen LogP contribution in [0.25, 0.3) is 0 Å². The van der Waals surface area contributed by atoms with Gasteiger partial charge in [0.2, 0.25) is 5.91 Å². The number of nitrogens with one attached hydrogen (secondary N) is 2. The molecule has 0 fully saturated rings. The standard InChI is InChI=1S/C11H10Cl2N2O3S/c1-2-9(16)15-11(19)14-8-3-5(10(17)18)6(12)4-7(8)13/h3-4H,2H2,1H3,(H,17,18)(H2,14,15,16,19). The Bertz CT molecular complexity index is 549. The van der Waals surface area contributed by atoms with Gasteiger partial charge in [0, 0.05) is 6.42 Å². The van der Waals surface area contributed by atoms with Crippen molar-refractivity contribution in [1.82, 2.24) is 5.32 Å². The normalized spacial score (nSPS) is 9.84. The summed E-state index contributed by atoms with van der Waals surface area (Å²) >= 11 is 16.6. The summed E-state index contributed by atoms with van der Waals surface area (Å²) in [7, 11) is 0. The van der Waals surface area contributed by atoms with Gasteiger partial charge in [0.05, 0.1) is 21.3 Å². The van der Waals surface area contributed by atoms with Crippen LogP contribution in [0.5, 0.6) is 0 Å². The van der Waals surface area contributed by atoms with Crippen molar-refractivity contribution in [1.29, 1.82) is 0 Å². The van der Waals surface area contributed by atoms with E-state index in [9.17, 15) is 9.59 Å². The fourth-order valence-electron chi connectivity index (χ4n) is 1.18. The Labute approximate surface area is 124 Å². The van der Waals surface area contributed by atoms with Crippen LogP contribution in [0.15, 0.2) is 12.1 Å². The summed E-state index contributed by atoms with van der Waals surface area (Å²) in [6, 6.07) is 2.54. The summed E-state index contributed by atoms with van der Waals surface area (Å²) < 4.78 is 0. The number of carboxylic acid groups (broad SMARTS) is 1. The van der Waals surface area contributed by atoms with Crippen LogP contribution in [-0.4, -0.2) is 22.1 Å². The summed E-state index contributed by atoms with van der Waals surface area (Å²) in [4.78, 5) is 22.1. The second-order valence-electron chi connectivity index (χ2n) is 3.47. The van der Waals surface area contributed by atoms with Gasteiger partial charge < -0.3 is 15.7 Å². The summed E-state index contributed by atoms with van der Waals surface area (Å²) in [6.07, 6.45) is 0.274. The fourth-order valence-corrected chi connectivity index (χ4v) is 1.91. The first-order chi connectivity index (χ1) is 8.85. The molecule has 0 spiro atoms. The Hall–Kier alpha value is -1.37. The Morgan fingerprint density at radius 3 is 2.47 bits per heavy atom. The van der Waals surface area contributed by atoms with Crippen LogP contribution < -0.4 is 10.6 Å². The van der Waals surface area contributed by atoms with Crippen LogP contribution in [0, 0.1) is 0 Å². The largest absolute Gasteiger partial charge is 0.478 e. The van der Waals surface area contributed by atoms with Gasteiger partial charge in [-0.3, -0.25) is 4.79 Å². The van der Waals surface area contributed by atoms with Crippen molar-refractivity contribution < 1.29 is 14.7 Å². The number of aromatic carboxylic acids is 1. The smallest absolute Gasteiger partial charge is 0.337 e. The number of halogens is 2. The highest BCUT2D eigenvalue weighted by Gasteiger charge is 2.14. The van der Waals surface area contributed by atoms with E-state index < -0.39 is 5.97 Å². The van der Waals surface area contributed by atoms with Gasteiger partial charge in [-0.2, -0.15) is 0 Å². The molecule has 0 aliphatic heterocycles. The molecule has 1 aromatic carbocycles. The van der Waals surface area contributed by atoms with Crippen LogP contribution in [0.4, 0.5) is 5.69 Å². The molecule has 8 heteroatoms. The molecule has 0 saturated carbocycles. The van der Waals surface area contributed by atoms with Gasteiger partial charge in [0.1, 0.15) is 0 Å². The summed E-state index contributed by atoms with van der Waals surface area (Å²) in [5.74, 6) is -1.45. The third-order valence-electron chi connectivity index (χ3n) is 2.11. The monoisotopic (exact) mass is 320 g/mol. The molecule has 102 valence electrons. The third kappa shape index (κ3) is 4.34. The number of carbonyl (C=O) groups excluding carboxylic acids is 1. The molecule has 0 atom stereocenters. The molecule has 1 amide bonds. The lowest BCUT2D eigenvalue weighted by atomic mass is 10.2. The molecule has 0 heterocycles. The Kier molecular flexibility index (Phi) is 5.53. The van der Waals surface area contributed by atoms with Gasteiger partial charge in [0.25, 0.3) is 0 Å². The minimum atomic E-state index is -1.19. The lowest BCUT2D eigenvalue weighted by Gasteiger charge is -2.11. The SMILES string of the molecule is CCC(=O)NC(=S)Nc1cc(C(=O)O)c(Cl)cc1Cl. The number of benzene rings is 1. The van der Waals surface area contributed by atoms with Crippen LogP contribution in [0.2, 0.25) is 10.0 Å². The van der Waals surface area contributed by atoms with E-state index >= 15 is 0 Å². The van der Waals surface area contributed by atoms with Crippen LogP contribution >= 0.6 is 35.4 Å². The van der Waals surface area contributed by atoms with Gasteiger partial charge in [-0.1, -0.05) is 30.1 Å². The molecular weight excluding hydrogens is 311 g/mol. The Balaban J connectivity index is 2.95. The third-order valence-corrected chi connectivity index (χ3v) is 2.94. The minimum Gasteiger partial charge on any atom is -0.478 e. The molecule has 0 aliphatic rings. The van der Waals surface area contributed by atoms with Crippen molar-refractivity contribution in [3.63, 3.8) is 0 Å². The van der Waals surface area contributed by atoms with Gasteiger partial charge >= 0.3 is 5.97 Å². The first-order valence-corrected chi connectivity index (χ1v) is 6.34.